The topological polar surface area (TPSA) is 49.7 Å². The van der Waals surface area contributed by atoms with Crippen LogP contribution in [0.4, 0.5) is 0 Å². The molecule has 0 heterocycles. The van der Waals surface area contributed by atoms with Gasteiger partial charge in [0.05, 0.1) is 6.51 Å². The van der Waals surface area contributed by atoms with Gasteiger partial charge in [0.1, 0.15) is 0 Å². The Morgan fingerprint density at radius 2 is 2.17 bits per heavy atom. The van der Waals surface area contributed by atoms with E-state index in [0.717, 1.165) is 0 Å². The summed E-state index contributed by atoms with van der Waals surface area (Å²) in [4.78, 5) is 0. The molecular formula is C2H7BO3. The highest BCUT2D eigenvalue weighted by atomic mass is 16.5. The van der Waals surface area contributed by atoms with E-state index in [4.69, 9.17) is 10.0 Å². The molecule has 0 aromatic rings. The van der Waals surface area contributed by atoms with Crippen molar-refractivity contribution in [2.45, 2.75) is 0 Å². The minimum atomic E-state index is -1.32. The summed E-state index contributed by atoms with van der Waals surface area (Å²) in [6.07, 6.45) is 0. The number of ether oxygens (including phenoxy) is 1. The number of rotatable bonds is 2. The Morgan fingerprint density at radius 3 is 2.17 bits per heavy atom. The van der Waals surface area contributed by atoms with E-state index in [1.165, 1.54) is 7.11 Å². The van der Waals surface area contributed by atoms with Crippen molar-refractivity contribution in [1.29, 1.82) is 0 Å². The molecule has 0 radical (unpaired) electrons. The zero-order valence-electron chi connectivity index (χ0n) is 3.59. The van der Waals surface area contributed by atoms with Crippen molar-refractivity contribution >= 4 is 7.12 Å². The molecular weight excluding hydrogens is 82.8 g/mol. The van der Waals surface area contributed by atoms with Gasteiger partial charge in [-0.15, -0.1) is 0 Å². The predicted molar refractivity (Wildman–Crippen MR) is 22.1 cm³/mol. The summed E-state index contributed by atoms with van der Waals surface area (Å²) in [6, 6.07) is 0. The molecule has 0 fully saturated rings. The van der Waals surface area contributed by atoms with Gasteiger partial charge in [0, 0.05) is 7.11 Å². The smallest absolute Gasteiger partial charge is 0.426 e. The first-order valence-electron chi connectivity index (χ1n) is 1.62. The van der Waals surface area contributed by atoms with E-state index in [-0.39, 0.29) is 6.51 Å². The first-order chi connectivity index (χ1) is 2.77. The standard InChI is InChI=1S/C2H7BO3/c1-6-2-3(4)5/h4-5H,2H2,1H3. The van der Waals surface area contributed by atoms with Crippen molar-refractivity contribution in [2.24, 2.45) is 0 Å². The molecule has 0 atom stereocenters. The zero-order valence-corrected chi connectivity index (χ0v) is 3.59. The first kappa shape index (κ1) is 5.94. The van der Waals surface area contributed by atoms with Crippen molar-refractivity contribution in [3.63, 3.8) is 0 Å². The summed E-state index contributed by atoms with van der Waals surface area (Å²) in [5, 5.41) is 16.0. The highest BCUT2D eigenvalue weighted by molar-refractivity contribution is 6.40. The van der Waals surface area contributed by atoms with E-state index in [0.29, 0.717) is 0 Å². The molecule has 3 nitrogen and oxygen atoms in total. The fourth-order valence-corrected chi connectivity index (χ4v) is 0.149. The SMILES string of the molecule is COCB(O)O. The summed E-state index contributed by atoms with van der Waals surface area (Å²) in [5.74, 6) is 0. The lowest BCUT2D eigenvalue weighted by molar-refractivity contribution is 0.215. The maximum absolute atomic E-state index is 7.98. The van der Waals surface area contributed by atoms with Crippen LogP contribution in [0.15, 0.2) is 0 Å². The molecule has 0 amide bonds. The lowest BCUT2D eigenvalue weighted by Crippen LogP contribution is -2.18. The van der Waals surface area contributed by atoms with Crippen molar-refractivity contribution in [1.82, 2.24) is 0 Å². The fraction of sp³-hybridized carbons (Fsp3) is 1.00. The van der Waals surface area contributed by atoms with Crippen LogP contribution in [0.25, 0.3) is 0 Å². The van der Waals surface area contributed by atoms with Gasteiger partial charge < -0.3 is 14.8 Å². The Bertz CT molecular complexity index is 30.0. The minimum Gasteiger partial charge on any atom is -0.426 e. The van der Waals surface area contributed by atoms with E-state index >= 15 is 0 Å². The van der Waals surface area contributed by atoms with E-state index in [1.807, 2.05) is 0 Å². The van der Waals surface area contributed by atoms with Gasteiger partial charge in [-0.25, -0.2) is 0 Å². The molecule has 0 spiro atoms. The van der Waals surface area contributed by atoms with E-state index in [1.54, 1.807) is 0 Å². The zero-order chi connectivity index (χ0) is 4.99. The summed E-state index contributed by atoms with van der Waals surface area (Å²) >= 11 is 0. The fourth-order valence-electron chi connectivity index (χ4n) is 0.149. The molecule has 0 rings (SSSR count). The number of hydrogen-bond acceptors (Lipinski definition) is 3. The van der Waals surface area contributed by atoms with Gasteiger partial charge in [-0.2, -0.15) is 0 Å². The largest absolute Gasteiger partial charge is 0.479 e. The maximum Gasteiger partial charge on any atom is 0.479 e. The van der Waals surface area contributed by atoms with E-state index in [2.05, 4.69) is 4.74 Å². The second kappa shape index (κ2) is 3.15. The second-order valence-electron chi connectivity index (χ2n) is 0.936. The summed E-state index contributed by atoms with van der Waals surface area (Å²) < 4.78 is 4.30. The van der Waals surface area contributed by atoms with Crippen LogP contribution in [0.2, 0.25) is 0 Å². The van der Waals surface area contributed by atoms with Gasteiger partial charge in [-0.3, -0.25) is 0 Å². The average Bonchev–Trinajstić information content (AvgIpc) is 1.35. The van der Waals surface area contributed by atoms with Crippen LogP contribution in [0, 0.1) is 0 Å². The third-order valence-corrected chi connectivity index (χ3v) is 0.316. The first-order valence-corrected chi connectivity index (χ1v) is 1.62. The van der Waals surface area contributed by atoms with Crippen molar-refractivity contribution < 1.29 is 14.8 Å². The van der Waals surface area contributed by atoms with Crippen LogP contribution >= 0.6 is 0 Å². The van der Waals surface area contributed by atoms with Crippen LogP contribution in [-0.4, -0.2) is 30.8 Å². The van der Waals surface area contributed by atoms with Gasteiger partial charge in [-0.1, -0.05) is 0 Å². The van der Waals surface area contributed by atoms with E-state index in [9.17, 15) is 0 Å². The molecule has 0 unspecified atom stereocenters. The predicted octanol–water partition coefficient (Wildman–Crippen LogP) is -1.36. The van der Waals surface area contributed by atoms with E-state index < -0.39 is 7.12 Å². The van der Waals surface area contributed by atoms with Gasteiger partial charge in [0.25, 0.3) is 0 Å². The number of hydrogen-bond donors (Lipinski definition) is 2. The second-order valence-corrected chi connectivity index (χ2v) is 0.936. The summed E-state index contributed by atoms with van der Waals surface area (Å²) in [6.45, 7) is -0.0139. The molecule has 0 bridgehead atoms. The monoisotopic (exact) mass is 90.0 g/mol. The normalized spacial score (nSPS) is 8.50. The van der Waals surface area contributed by atoms with Crippen LogP contribution in [0.1, 0.15) is 0 Å². The molecule has 36 valence electrons. The highest BCUT2D eigenvalue weighted by Gasteiger charge is 2.01. The molecule has 0 saturated carbocycles. The van der Waals surface area contributed by atoms with Crippen molar-refractivity contribution in [3.05, 3.63) is 0 Å². The van der Waals surface area contributed by atoms with Crippen LogP contribution in [0.5, 0.6) is 0 Å². The molecule has 6 heavy (non-hydrogen) atoms. The Balaban J connectivity index is 2.63. The Kier molecular flexibility index (Phi) is 3.12. The van der Waals surface area contributed by atoms with Gasteiger partial charge >= 0.3 is 7.12 Å². The van der Waals surface area contributed by atoms with Crippen LogP contribution < -0.4 is 0 Å². The lowest BCUT2D eigenvalue weighted by Gasteiger charge is -1.90. The molecule has 2 N–H and O–H groups in total. The third kappa shape index (κ3) is 3.94. The third-order valence-electron chi connectivity index (χ3n) is 0.316. The molecule has 0 aromatic heterocycles. The molecule has 0 saturated heterocycles. The molecule has 0 aromatic carbocycles. The number of methoxy groups -OCH3 is 1. The minimum absolute atomic E-state index is 0.0139. The van der Waals surface area contributed by atoms with Gasteiger partial charge in [-0.05, 0) is 0 Å². The average molecular weight is 89.9 g/mol. The Morgan fingerprint density at radius 1 is 1.67 bits per heavy atom. The van der Waals surface area contributed by atoms with Crippen LogP contribution in [0.3, 0.4) is 0 Å². The highest BCUT2D eigenvalue weighted by Crippen LogP contribution is 1.65. The molecule has 0 aliphatic carbocycles. The molecule has 0 aliphatic rings. The Labute approximate surface area is 36.7 Å². The molecule has 0 aliphatic heterocycles. The maximum atomic E-state index is 7.98. The summed E-state index contributed by atoms with van der Waals surface area (Å²) in [5.41, 5.74) is 0. The van der Waals surface area contributed by atoms with Crippen molar-refractivity contribution in [3.8, 4) is 0 Å². The quantitative estimate of drug-likeness (QED) is 0.412. The molecule has 4 heteroatoms. The van der Waals surface area contributed by atoms with Gasteiger partial charge in [0.2, 0.25) is 0 Å². The van der Waals surface area contributed by atoms with Gasteiger partial charge in [0.15, 0.2) is 0 Å². The van der Waals surface area contributed by atoms with Crippen LogP contribution in [-0.2, 0) is 4.74 Å². The Hall–Kier alpha value is -0.0551. The summed E-state index contributed by atoms with van der Waals surface area (Å²) in [7, 11) is 0.0781. The van der Waals surface area contributed by atoms with Crippen molar-refractivity contribution in [2.75, 3.05) is 13.6 Å². The lowest BCUT2D eigenvalue weighted by atomic mass is 9.95.